The van der Waals surface area contributed by atoms with Crippen molar-refractivity contribution < 1.29 is 19.4 Å². The molecule has 0 aromatic heterocycles. The molecule has 2 rings (SSSR count). The van der Waals surface area contributed by atoms with Crippen LogP contribution < -0.4 is 0 Å². The molecule has 0 unspecified atom stereocenters. The lowest BCUT2D eigenvalue weighted by Crippen LogP contribution is -2.21. The third kappa shape index (κ3) is 1.54. The minimum absolute atomic E-state index is 0.0200. The lowest BCUT2D eigenvalue weighted by Gasteiger charge is -2.15. The van der Waals surface area contributed by atoms with Gasteiger partial charge in [-0.3, -0.25) is 9.59 Å². The Morgan fingerprint density at radius 2 is 2.13 bits per heavy atom. The molecule has 1 fully saturated rings. The highest BCUT2D eigenvalue weighted by atomic mass is 16.5. The number of hydrogen-bond donors (Lipinski definition) is 1. The van der Waals surface area contributed by atoms with Gasteiger partial charge in [0.05, 0.1) is 18.9 Å². The van der Waals surface area contributed by atoms with E-state index in [2.05, 4.69) is 0 Å². The Morgan fingerprint density at radius 1 is 1.40 bits per heavy atom. The van der Waals surface area contributed by atoms with Crippen molar-refractivity contribution in [2.45, 2.75) is 12.8 Å². The van der Waals surface area contributed by atoms with E-state index in [9.17, 15) is 9.59 Å². The first-order chi connectivity index (χ1) is 7.15. The topological polar surface area (TPSA) is 63.6 Å². The molecule has 0 aromatic carbocycles. The summed E-state index contributed by atoms with van der Waals surface area (Å²) in [6.45, 7) is 0. The van der Waals surface area contributed by atoms with E-state index >= 15 is 0 Å². The van der Waals surface area contributed by atoms with Gasteiger partial charge >= 0.3 is 11.9 Å². The van der Waals surface area contributed by atoms with Crippen molar-refractivity contribution >= 4 is 11.9 Å². The van der Waals surface area contributed by atoms with Gasteiger partial charge in [-0.2, -0.15) is 0 Å². The number of carboxylic acid groups (broad SMARTS) is 1. The molecule has 1 saturated carbocycles. The molecular weight excluding hydrogens is 196 g/mol. The molecule has 2 aliphatic carbocycles. The number of hydrogen-bond acceptors (Lipinski definition) is 3. The van der Waals surface area contributed by atoms with Crippen LogP contribution in [0, 0.1) is 23.7 Å². The van der Waals surface area contributed by atoms with Gasteiger partial charge in [0, 0.05) is 0 Å². The number of rotatable bonds is 2. The monoisotopic (exact) mass is 210 g/mol. The van der Waals surface area contributed by atoms with E-state index in [1.807, 2.05) is 12.2 Å². The zero-order valence-electron chi connectivity index (χ0n) is 8.55. The molecule has 1 N–H and O–H groups in total. The molecule has 2 aliphatic rings. The minimum atomic E-state index is -0.803. The van der Waals surface area contributed by atoms with E-state index in [1.165, 1.54) is 7.11 Å². The van der Waals surface area contributed by atoms with Gasteiger partial charge in [0.2, 0.25) is 0 Å². The van der Waals surface area contributed by atoms with E-state index in [-0.39, 0.29) is 23.7 Å². The van der Waals surface area contributed by atoms with Crippen LogP contribution in [-0.4, -0.2) is 24.2 Å². The molecule has 0 aromatic rings. The fourth-order valence-electron chi connectivity index (χ4n) is 2.85. The van der Waals surface area contributed by atoms with Gasteiger partial charge in [0.15, 0.2) is 0 Å². The van der Waals surface area contributed by atoms with E-state index in [4.69, 9.17) is 9.84 Å². The number of carbonyl (C=O) groups excluding carboxylic acids is 1. The summed E-state index contributed by atoms with van der Waals surface area (Å²) >= 11 is 0. The van der Waals surface area contributed by atoms with E-state index < -0.39 is 11.9 Å². The SMILES string of the molecule is COC(=O)[C@H]1C[C@@H](C(=O)O)[C@H]2C=CC[C@H]21. The zero-order chi connectivity index (χ0) is 11.0. The smallest absolute Gasteiger partial charge is 0.308 e. The number of carbonyl (C=O) groups is 2. The summed E-state index contributed by atoms with van der Waals surface area (Å²) in [5.74, 6) is -1.57. The molecule has 82 valence electrons. The van der Waals surface area contributed by atoms with Gasteiger partial charge in [-0.25, -0.2) is 0 Å². The van der Waals surface area contributed by atoms with Gasteiger partial charge in [0.1, 0.15) is 0 Å². The molecule has 0 aliphatic heterocycles. The lowest BCUT2D eigenvalue weighted by molar-refractivity contribution is -0.146. The first-order valence-electron chi connectivity index (χ1n) is 5.12. The summed E-state index contributed by atoms with van der Waals surface area (Å²) < 4.78 is 4.71. The second kappa shape index (κ2) is 3.68. The Labute approximate surface area is 87.9 Å². The van der Waals surface area contributed by atoms with Crippen molar-refractivity contribution in [3.8, 4) is 0 Å². The fraction of sp³-hybridized carbons (Fsp3) is 0.636. The van der Waals surface area contributed by atoms with Gasteiger partial charge < -0.3 is 9.84 Å². The third-order valence-corrected chi connectivity index (χ3v) is 3.57. The Kier molecular flexibility index (Phi) is 2.50. The molecule has 0 spiro atoms. The quantitative estimate of drug-likeness (QED) is 0.547. The van der Waals surface area contributed by atoms with Crippen LogP contribution in [0.2, 0.25) is 0 Å². The molecule has 0 amide bonds. The number of ether oxygens (including phenoxy) is 1. The molecule has 4 heteroatoms. The molecule has 4 nitrogen and oxygen atoms in total. The predicted molar refractivity (Wildman–Crippen MR) is 52.0 cm³/mol. The Morgan fingerprint density at radius 3 is 2.73 bits per heavy atom. The predicted octanol–water partition coefficient (Wildman–Crippen LogP) is 1.07. The maximum Gasteiger partial charge on any atom is 0.308 e. The van der Waals surface area contributed by atoms with Crippen LogP contribution in [0.1, 0.15) is 12.8 Å². The Bertz CT molecular complexity index is 321. The first-order valence-corrected chi connectivity index (χ1v) is 5.12. The second-order valence-corrected chi connectivity index (χ2v) is 4.22. The average Bonchev–Trinajstić information content (AvgIpc) is 2.75. The largest absolute Gasteiger partial charge is 0.481 e. The number of carboxylic acids is 1. The maximum absolute atomic E-state index is 11.5. The zero-order valence-corrected chi connectivity index (χ0v) is 8.55. The maximum atomic E-state index is 11.5. The molecular formula is C11H14O4. The van der Waals surface area contributed by atoms with E-state index in [0.29, 0.717) is 6.42 Å². The van der Waals surface area contributed by atoms with Crippen LogP contribution in [-0.2, 0) is 14.3 Å². The molecule has 4 atom stereocenters. The van der Waals surface area contributed by atoms with Gasteiger partial charge in [0.25, 0.3) is 0 Å². The first kappa shape index (κ1) is 10.2. The summed E-state index contributed by atoms with van der Waals surface area (Å²) in [4.78, 5) is 22.5. The third-order valence-electron chi connectivity index (χ3n) is 3.57. The van der Waals surface area contributed by atoms with Crippen LogP contribution in [0.5, 0.6) is 0 Å². The highest BCUT2D eigenvalue weighted by molar-refractivity contribution is 5.77. The molecule has 0 saturated heterocycles. The van der Waals surface area contributed by atoms with Crippen LogP contribution in [0.15, 0.2) is 12.2 Å². The van der Waals surface area contributed by atoms with Crippen molar-refractivity contribution in [2.24, 2.45) is 23.7 Å². The number of esters is 1. The van der Waals surface area contributed by atoms with Gasteiger partial charge in [-0.15, -0.1) is 0 Å². The fourth-order valence-corrected chi connectivity index (χ4v) is 2.85. The van der Waals surface area contributed by atoms with Crippen LogP contribution in [0.4, 0.5) is 0 Å². The number of allylic oxidation sites excluding steroid dienone is 2. The minimum Gasteiger partial charge on any atom is -0.481 e. The van der Waals surface area contributed by atoms with Crippen molar-refractivity contribution in [1.29, 1.82) is 0 Å². The highest BCUT2D eigenvalue weighted by Gasteiger charge is 2.49. The number of fused-ring (bicyclic) bond motifs is 1. The standard InChI is InChI=1S/C11H14O4/c1-15-11(14)9-5-8(10(12)13)6-3-2-4-7(6)9/h2-3,6-9H,4-5H2,1H3,(H,12,13)/t6-,7+,8+,9-/m0/s1. The highest BCUT2D eigenvalue weighted by Crippen LogP contribution is 2.48. The summed E-state index contributed by atoms with van der Waals surface area (Å²) in [5, 5.41) is 9.05. The molecule has 15 heavy (non-hydrogen) atoms. The summed E-state index contributed by atoms with van der Waals surface area (Å²) in [5.41, 5.74) is 0. The normalized spacial score (nSPS) is 37.7. The second-order valence-electron chi connectivity index (χ2n) is 4.22. The Hall–Kier alpha value is -1.32. The van der Waals surface area contributed by atoms with E-state index in [0.717, 1.165) is 6.42 Å². The van der Waals surface area contributed by atoms with Gasteiger partial charge in [-0.1, -0.05) is 12.2 Å². The lowest BCUT2D eigenvalue weighted by atomic mass is 9.90. The van der Waals surface area contributed by atoms with Crippen molar-refractivity contribution in [3.05, 3.63) is 12.2 Å². The van der Waals surface area contributed by atoms with Crippen LogP contribution in [0.25, 0.3) is 0 Å². The van der Waals surface area contributed by atoms with E-state index in [1.54, 1.807) is 0 Å². The number of methoxy groups -OCH3 is 1. The van der Waals surface area contributed by atoms with Crippen molar-refractivity contribution in [3.63, 3.8) is 0 Å². The average molecular weight is 210 g/mol. The van der Waals surface area contributed by atoms with Crippen LogP contribution >= 0.6 is 0 Å². The summed E-state index contributed by atoms with van der Waals surface area (Å²) in [6, 6.07) is 0. The Balaban J connectivity index is 2.19. The van der Waals surface area contributed by atoms with Gasteiger partial charge in [-0.05, 0) is 24.7 Å². The molecule has 0 heterocycles. The van der Waals surface area contributed by atoms with Crippen molar-refractivity contribution in [2.75, 3.05) is 7.11 Å². The summed E-state index contributed by atoms with van der Waals surface area (Å²) in [6.07, 6.45) is 5.13. The number of aliphatic carboxylic acids is 1. The molecule has 0 radical (unpaired) electrons. The molecule has 0 bridgehead atoms. The summed E-state index contributed by atoms with van der Waals surface area (Å²) in [7, 11) is 1.35. The van der Waals surface area contributed by atoms with Crippen LogP contribution in [0.3, 0.4) is 0 Å². The van der Waals surface area contributed by atoms with Crippen molar-refractivity contribution in [1.82, 2.24) is 0 Å².